The number of hydrogen-bond donors (Lipinski definition) is 0. The van der Waals surface area contributed by atoms with Gasteiger partial charge in [0.05, 0.1) is 23.8 Å². The quantitative estimate of drug-likeness (QED) is 0.469. The van der Waals surface area contributed by atoms with E-state index in [1.165, 1.54) is 7.11 Å². The number of halogens is 2. The minimum absolute atomic E-state index is 0.216. The Morgan fingerprint density at radius 2 is 1.54 bits per heavy atom. The molecule has 0 saturated carbocycles. The molecule has 0 radical (unpaired) electrons. The van der Waals surface area contributed by atoms with Gasteiger partial charge in [-0.15, -0.1) is 0 Å². The summed E-state index contributed by atoms with van der Waals surface area (Å²) in [6, 6.07) is 5.12. The fourth-order valence-electron chi connectivity index (χ4n) is 2.74. The summed E-state index contributed by atoms with van der Waals surface area (Å²) in [5.74, 6) is -1.78. The third-order valence-corrected chi connectivity index (χ3v) is 4.68. The van der Waals surface area contributed by atoms with Crippen molar-refractivity contribution >= 4 is 35.1 Å². The molecule has 0 fully saturated rings. The van der Waals surface area contributed by atoms with Gasteiger partial charge in [-0.2, -0.15) is 0 Å². The molecule has 1 aromatic rings. The van der Waals surface area contributed by atoms with Crippen molar-refractivity contribution in [3.05, 3.63) is 56.1 Å². The molecule has 4 nitrogen and oxygen atoms in total. The molecule has 0 aliphatic rings. The normalized spacial score (nSPS) is 11.4. The predicted octanol–water partition coefficient (Wildman–Crippen LogP) is 5.49. The molecule has 0 saturated heterocycles. The lowest BCUT2D eigenvalue weighted by Crippen LogP contribution is -2.23. The van der Waals surface area contributed by atoms with Gasteiger partial charge in [0.15, 0.2) is 0 Å². The van der Waals surface area contributed by atoms with E-state index in [1.807, 2.05) is 0 Å². The molecule has 0 N–H and O–H groups in total. The van der Waals surface area contributed by atoms with Crippen LogP contribution in [0.3, 0.4) is 0 Å². The van der Waals surface area contributed by atoms with Crippen LogP contribution in [0.25, 0.3) is 0 Å². The maximum Gasteiger partial charge on any atom is 0.334 e. The highest BCUT2D eigenvalue weighted by Crippen LogP contribution is 2.41. The van der Waals surface area contributed by atoms with Crippen molar-refractivity contribution in [2.75, 3.05) is 13.7 Å². The average Bonchev–Trinajstić information content (AvgIpc) is 2.56. The number of methoxy groups -OCH3 is 1. The van der Waals surface area contributed by atoms with Crippen molar-refractivity contribution in [3.63, 3.8) is 0 Å². The monoisotopic (exact) mass is 398 g/mol. The van der Waals surface area contributed by atoms with Crippen molar-refractivity contribution in [3.8, 4) is 0 Å². The summed E-state index contributed by atoms with van der Waals surface area (Å²) in [4.78, 5) is 25.2. The second-order valence-corrected chi connectivity index (χ2v) is 6.90. The van der Waals surface area contributed by atoms with Gasteiger partial charge >= 0.3 is 11.9 Å². The number of hydrogen-bond acceptors (Lipinski definition) is 4. The van der Waals surface area contributed by atoms with Crippen molar-refractivity contribution in [1.82, 2.24) is 0 Å². The van der Waals surface area contributed by atoms with Crippen LogP contribution in [0.4, 0.5) is 0 Å². The van der Waals surface area contributed by atoms with Crippen LogP contribution in [0.2, 0.25) is 10.0 Å². The summed E-state index contributed by atoms with van der Waals surface area (Å²) >= 11 is 12.6. The average molecular weight is 399 g/mol. The smallest absolute Gasteiger partial charge is 0.334 e. The van der Waals surface area contributed by atoms with E-state index in [1.54, 1.807) is 52.8 Å². The number of carbonyl (C=O) groups is 2. The van der Waals surface area contributed by atoms with Gasteiger partial charge in [-0.3, -0.25) is 0 Å². The summed E-state index contributed by atoms with van der Waals surface area (Å²) in [6.07, 6.45) is 0. The van der Waals surface area contributed by atoms with Gasteiger partial charge in [0.25, 0.3) is 0 Å². The Morgan fingerprint density at radius 3 is 2.00 bits per heavy atom. The van der Waals surface area contributed by atoms with Crippen LogP contribution < -0.4 is 0 Å². The molecule has 0 spiro atoms. The van der Waals surface area contributed by atoms with Crippen molar-refractivity contribution in [1.29, 1.82) is 0 Å². The molecule has 1 unspecified atom stereocenters. The Morgan fingerprint density at radius 1 is 1.00 bits per heavy atom. The van der Waals surface area contributed by atoms with Gasteiger partial charge in [0.1, 0.15) is 0 Å². The van der Waals surface area contributed by atoms with Crippen LogP contribution in [0, 0.1) is 0 Å². The SMILES string of the molecule is CCOC(=O)C(=C(C)C)C(C(C(=O)OC)=C(C)C)c1cccc(Cl)c1Cl. The van der Waals surface area contributed by atoms with E-state index in [0.717, 1.165) is 0 Å². The van der Waals surface area contributed by atoms with E-state index in [2.05, 4.69) is 0 Å². The first kappa shape index (κ1) is 22.3. The van der Waals surface area contributed by atoms with E-state index in [9.17, 15) is 9.59 Å². The first-order chi connectivity index (χ1) is 12.2. The Kier molecular flexibility index (Phi) is 8.38. The molecule has 0 heterocycles. The van der Waals surface area contributed by atoms with Crippen molar-refractivity contribution in [2.45, 2.75) is 40.5 Å². The van der Waals surface area contributed by atoms with Gasteiger partial charge in [0, 0.05) is 17.1 Å². The molecule has 26 heavy (non-hydrogen) atoms. The van der Waals surface area contributed by atoms with Gasteiger partial charge in [-0.1, -0.05) is 46.5 Å². The summed E-state index contributed by atoms with van der Waals surface area (Å²) in [5, 5.41) is 0.619. The molecular weight excluding hydrogens is 375 g/mol. The van der Waals surface area contributed by atoms with E-state index < -0.39 is 17.9 Å². The van der Waals surface area contributed by atoms with Crippen LogP contribution in [0.1, 0.15) is 46.1 Å². The second kappa shape index (κ2) is 9.79. The topological polar surface area (TPSA) is 52.6 Å². The lowest BCUT2D eigenvalue weighted by molar-refractivity contribution is -0.138. The molecule has 0 aliphatic heterocycles. The number of esters is 2. The Balaban J connectivity index is 3.86. The third kappa shape index (κ3) is 4.89. The lowest BCUT2D eigenvalue weighted by atomic mass is 9.80. The minimum Gasteiger partial charge on any atom is -0.466 e. The Bertz CT molecular complexity index is 755. The van der Waals surface area contributed by atoms with E-state index in [4.69, 9.17) is 32.7 Å². The molecule has 1 rings (SSSR count). The number of benzene rings is 1. The molecule has 1 aromatic carbocycles. The zero-order valence-electron chi connectivity index (χ0n) is 15.9. The van der Waals surface area contributed by atoms with Crippen molar-refractivity contribution < 1.29 is 19.1 Å². The minimum atomic E-state index is -0.748. The maximum atomic E-state index is 12.7. The summed E-state index contributed by atoms with van der Waals surface area (Å²) in [7, 11) is 1.30. The molecule has 1 atom stereocenters. The van der Waals surface area contributed by atoms with Gasteiger partial charge in [-0.25, -0.2) is 9.59 Å². The zero-order chi connectivity index (χ0) is 20.0. The number of ether oxygens (including phenoxy) is 2. The van der Waals surface area contributed by atoms with Crippen LogP contribution in [-0.4, -0.2) is 25.7 Å². The van der Waals surface area contributed by atoms with Crippen LogP contribution in [0.15, 0.2) is 40.5 Å². The van der Waals surface area contributed by atoms with Gasteiger partial charge in [0.2, 0.25) is 0 Å². The Labute approximate surface area is 164 Å². The number of allylic oxidation sites excluding steroid dienone is 2. The fourth-order valence-corrected chi connectivity index (χ4v) is 3.16. The number of carbonyl (C=O) groups excluding carboxylic acids is 2. The molecule has 0 aliphatic carbocycles. The van der Waals surface area contributed by atoms with E-state index >= 15 is 0 Å². The zero-order valence-corrected chi connectivity index (χ0v) is 17.4. The first-order valence-corrected chi connectivity index (χ1v) is 8.96. The first-order valence-electron chi connectivity index (χ1n) is 8.21. The standard InChI is InChI=1S/C20H24Cl2O4/c1-7-26-20(24)16(12(4)5)17(15(11(2)3)19(23)25-6)13-9-8-10-14(21)18(13)22/h8-10,17H,7H2,1-6H3. The second-order valence-electron chi connectivity index (χ2n) is 6.12. The van der Waals surface area contributed by atoms with Crippen molar-refractivity contribution in [2.24, 2.45) is 0 Å². The number of rotatable bonds is 6. The Hall–Kier alpha value is -1.78. The molecule has 0 aromatic heterocycles. The van der Waals surface area contributed by atoms with Crippen LogP contribution in [-0.2, 0) is 19.1 Å². The predicted molar refractivity (Wildman–Crippen MR) is 105 cm³/mol. The van der Waals surface area contributed by atoms with E-state index in [-0.39, 0.29) is 11.6 Å². The fraction of sp³-hybridized carbons (Fsp3) is 0.400. The van der Waals surface area contributed by atoms with E-state index in [0.29, 0.717) is 32.9 Å². The summed E-state index contributed by atoms with van der Waals surface area (Å²) in [6.45, 7) is 9.09. The molecule has 142 valence electrons. The summed E-state index contributed by atoms with van der Waals surface area (Å²) in [5.41, 5.74) is 2.65. The highest BCUT2D eigenvalue weighted by molar-refractivity contribution is 6.42. The van der Waals surface area contributed by atoms with Gasteiger partial charge in [-0.05, 0) is 46.2 Å². The third-order valence-electron chi connectivity index (χ3n) is 3.85. The summed E-state index contributed by atoms with van der Waals surface area (Å²) < 4.78 is 10.2. The van der Waals surface area contributed by atoms with Gasteiger partial charge < -0.3 is 9.47 Å². The highest BCUT2D eigenvalue weighted by Gasteiger charge is 2.34. The molecular formula is C20H24Cl2O4. The van der Waals surface area contributed by atoms with Crippen LogP contribution in [0.5, 0.6) is 0 Å². The van der Waals surface area contributed by atoms with Crippen LogP contribution >= 0.6 is 23.2 Å². The molecule has 0 bridgehead atoms. The molecule has 0 amide bonds. The highest BCUT2D eigenvalue weighted by atomic mass is 35.5. The maximum absolute atomic E-state index is 12.7. The lowest BCUT2D eigenvalue weighted by Gasteiger charge is -2.25. The molecule has 6 heteroatoms. The largest absolute Gasteiger partial charge is 0.466 e.